The van der Waals surface area contributed by atoms with Crippen molar-refractivity contribution >= 4 is 0 Å². The minimum Gasteiger partial charge on any atom is -0.396 e. The van der Waals surface area contributed by atoms with Crippen molar-refractivity contribution in [3.05, 3.63) is 70.3 Å². The van der Waals surface area contributed by atoms with Crippen LogP contribution < -0.4 is 0 Å². The second-order valence-electron chi connectivity index (χ2n) is 8.06. The molecule has 0 spiro atoms. The lowest BCUT2D eigenvalue weighted by Crippen LogP contribution is -2.65. The zero-order valence-electron chi connectivity index (χ0n) is 17.3. The SMILES string of the molecule is C[C@H](O)[C@H]1O[C@](O)(c2cc(CO)ccc2Cc2ccc(CCO)cc2)[C@H](O)[C@@H](O)[C@@H]1O. The van der Waals surface area contributed by atoms with Crippen molar-refractivity contribution in [2.75, 3.05) is 6.61 Å². The lowest BCUT2D eigenvalue weighted by molar-refractivity contribution is -0.364. The Bertz CT molecular complexity index is 868. The first-order chi connectivity index (χ1) is 14.7. The predicted octanol–water partition coefficient (Wildman–Crippen LogP) is -0.688. The standard InChI is InChI=1S/C23H30O8/c1-13(26)21-19(27)20(28)22(29)23(30,31-21)18-11-16(12-25)6-7-17(18)10-15-4-2-14(3-5-15)8-9-24/h2-7,11,13,19-22,24-30H,8-10,12H2,1H3/t13-,19-,20-,21+,22+,23+/m0/s1. The average Bonchev–Trinajstić information content (AvgIpc) is 2.76. The number of benzene rings is 2. The van der Waals surface area contributed by atoms with Crippen LogP contribution in [0.1, 0.15) is 34.7 Å². The molecule has 1 heterocycles. The van der Waals surface area contributed by atoms with Gasteiger partial charge in [0.1, 0.15) is 24.4 Å². The Hall–Kier alpha value is -1.88. The van der Waals surface area contributed by atoms with Gasteiger partial charge in [-0.1, -0.05) is 36.4 Å². The van der Waals surface area contributed by atoms with Gasteiger partial charge in [-0.3, -0.25) is 0 Å². The maximum absolute atomic E-state index is 11.3. The normalized spacial score (nSPS) is 29.7. The molecule has 0 unspecified atom stereocenters. The number of hydrogen-bond acceptors (Lipinski definition) is 8. The van der Waals surface area contributed by atoms with Gasteiger partial charge in [0.25, 0.3) is 0 Å². The molecule has 0 aromatic heterocycles. The molecule has 31 heavy (non-hydrogen) atoms. The molecule has 8 heteroatoms. The molecule has 0 saturated carbocycles. The van der Waals surface area contributed by atoms with Gasteiger partial charge in [-0.15, -0.1) is 0 Å². The Morgan fingerprint density at radius 1 is 0.935 bits per heavy atom. The molecule has 8 nitrogen and oxygen atoms in total. The lowest BCUT2D eigenvalue weighted by atomic mass is 9.83. The molecule has 0 radical (unpaired) electrons. The third-order valence-electron chi connectivity index (χ3n) is 5.76. The monoisotopic (exact) mass is 434 g/mol. The van der Waals surface area contributed by atoms with Crippen LogP contribution in [-0.4, -0.2) is 72.9 Å². The topological polar surface area (TPSA) is 151 Å². The summed E-state index contributed by atoms with van der Waals surface area (Å²) in [6.07, 6.45) is -6.94. The van der Waals surface area contributed by atoms with Crippen LogP contribution in [0.5, 0.6) is 0 Å². The summed E-state index contributed by atoms with van der Waals surface area (Å²) in [6, 6.07) is 12.4. The lowest BCUT2D eigenvalue weighted by Gasteiger charge is -2.47. The second kappa shape index (κ2) is 9.72. The van der Waals surface area contributed by atoms with Gasteiger partial charge in [0.2, 0.25) is 5.79 Å². The molecule has 0 amide bonds. The zero-order chi connectivity index (χ0) is 22.8. The van der Waals surface area contributed by atoms with Crippen molar-refractivity contribution in [2.24, 2.45) is 0 Å². The van der Waals surface area contributed by atoms with E-state index in [-0.39, 0.29) is 18.8 Å². The van der Waals surface area contributed by atoms with E-state index in [1.54, 1.807) is 12.1 Å². The van der Waals surface area contributed by atoms with Gasteiger partial charge >= 0.3 is 0 Å². The maximum atomic E-state index is 11.3. The van der Waals surface area contributed by atoms with Gasteiger partial charge in [-0.25, -0.2) is 0 Å². The third kappa shape index (κ3) is 4.82. The van der Waals surface area contributed by atoms with Gasteiger partial charge in [0.15, 0.2) is 0 Å². The second-order valence-corrected chi connectivity index (χ2v) is 8.06. The highest BCUT2D eigenvalue weighted by atomic mass is 16.7. The Labute approximate surface area is 180 Å². The van der Waals surface area contributed by atoms with Crippen LogP contribution in [0.3, 0.4) is 0 Å². The van der Waals surface area contributed by atoms with E-state index in [9.17, 15) is 30.6 Å². The summed E-state index contributed by atoms with van der Waals surface area (Å²) >= 11 is 0. The minimum atomic E-state index is -2.42. The summed E-state index contributed by atoms with van der Waals surface area (Å²) in [5.41, 5.74) is 3.02. The van der Waals surface area contributed by atoms with Crippen molar-refractivity contribution in [1.82, 2.24) is 0 Å². The highest BCUT2D eigenvalue weighted by molar-refractivity contribution is 5.40. The molecule has 1 aliphatic rings. The summed E-state index contributed by atoms with van der Waals surface area (Å²) in [5, 5.41) is 71.1. The molecule has 1 saturated heterocycles. The summed E-state index contributed by atoms with van der Waals surface area (Å²) in [5.74, 6) is -2.42. The van der Waals surface area contributed by atoms with E-state index in [0.717, 1.165) is 11.1 Å². The molecular formula is C23H30O8. The molecule has 1 fully saturated rings. The molecular weight excluding hydrogens is 404 g/mol. The molecule has 170 valence electrons. The van der Waals surface area contributed by atoms with E-state index in [4.69, 9.17) is 9.84 Å². The number of hydrogen-bond donors (Lipinski definition) is 7. The van der Waals surface area contributed by atoms with Crippen LogP contribution in [0.25, 0.3) is 0 Å². The molecule has 1 aliphatic heterocycles. The number of aliphatic hydroxyl groups excluding tert-OH is 6. The Morgan fingerprint density at radius 3 is 2.13 bits per heavy atom. The molecule has 0 bridgehead atoms. The largest absolute Gasteiger partial charge is 0.396 e. The highest BCUT2D eigenvalue weighted by Crippen LogP contribution is 2.39. The maximum Gasteiger partial charge on any atom is 0.222 e. The van der Waals surface area contributed by atoms with Crippen molar-refractivity contribution < 1.29 is 40.5 Å². The van der Waals surface area contributed by atoms with Crippen LogP contribution in [0.15, 0.2) is 42.5 Å². The Morgan fingerprint density at radius 2 is 1.55 bits per heavy atom. The average molecular weight is 434 g/mol. The Kier molecular flexibility index (Phi) is 7.46. The van der Waals surface area contributed by atoms with Crippen molar-refractivity contribution in [1.29, 1.82) is 0 Å². The van der Waals surface area contributed by atoms with Crippen molar-refractivity contribution in [3.63, 3.8) is 0 Å². The van der Waals surface area contributed by atoms with Crippen LogP contribution in [0, 0.1) is 0 Å². The van der Waals surface area contributed by atoms with Gasteiger partial charge in [-0.05, 0) is 48.1 Å². The number of aliphatic hydroxyl groups is 7. The van der Waals surface area contributed by atoms with Crippen LogP contribution in [0.4, 0.5) is 0 Å². The first-order valence-electron chi connectivity index (χ1n) is 10.3. The molecule has 3 rings (SSSR count). The van der Waals surface area contributed by atoms with Crippen LogP contribution in [0.2, 0.25) is 0 Å². The van der Waals surface area contributed by atoms with Crippen molar-refractivity contribution in [2.45, 2.75) is 62.7 Å². The first-order valence-corrected chi connectivity index (χ1v) is 10.3. The van der Waals surface area contributed by atoms with Crippen LogP contribution in [-0.2, 0) is 30.0 Å². The zero-order valence-corrected chi connectivity index (χ0v) is 17.3. The summed E-state index contributed by atoms with van der Waals surface area (Å²) in [4.78, 5) is 0. The van der Waals surface area contributed by atoms with E-state index < -0.39 is 36.3 Å². The van der Waals surface area contributed by atoms with E-state index >= 15 is 0 Å². The predicted molar refractivity (Wildman–Crippen MR) is 111 cm³/mol. The smallest absolute Gasteiger partial charge is 0.222 e. The fourth-order valence-corrected chi connectivity index (χ4v) is 3.95. The fourth-order valence-electron chi connectivity index (χ4n) is 3.95. The number of ether oxygens (including phenoxy) is 1. The molecule has 7 N–H and O–H groups in total. The van der Waals surface area contributed by atoms with E-state index in [1.807, 2.05) is 24.3 Å². The third-order valence-corrected chi connectivity index (χ3v) is 5.76. The highest BCUT2D eigenvalue weighted by Gasteiger charge is 2.55. The first kappa shape index (κ1) is 23.8. The van der Waals surface area contributed by atoms with Gasteiger partial charge in [0, 0.05) is 12.2 Å². The minimum absolute atomic E-state index is 0.0486. The summed E-state index contributed by atoms with van der Waals surface area (Å²) in [7, 11) is 0. The van der Waals surface area contributed by atoms with Gasteiger partial charge in [0.05, 0.1) is 12.7 Å². The Balaban J connectivity index is 2.02. The van der Waals surface area contributed by atoms with E-state index in [2.05, 4.69) is 0 Å². The van der Waals surface area contributed by atoms with E-state index in [1.165, 1.54) is 13.0 Å². The molecule has 0 aliphatic carbocycles. The summed E-state index contributed by atoms with van der Waals surface area (Å²) in [6.45, 7) is 1.07. The number of rotatable bonds is 7. The van der Waals surface area contributed by atoms with Crippen LogP contribution >= 0.6 is 0 Å². The quantitative estimate of drug-likeness (QED) is 0.303. The van der Waals surface area contributed by atoms with E-state index in [0.29, 0.717) is 24.0 Å². The summed E-state index contributed by atoms with van der Waals surface area (Å²) < 4.78 is 5.58. The fraction of sp³-hybridized carbons (Fsp3) is 0.478. The van der Waals surface area contributed by atoms with Gasteiger partial charge < -0.3 is 40.5 Å². The molecule has 2 aromatic carbocycles. The van der Waals surface area contributed by atoms with Gasteiger partial charge in [-0.2, -0.15) is 0 Å². The molecule has 6 atom stereocenters. The van der Waals surface area contributed by atoms with Crippen molar-refractivity contribution in [3.8, 4) is 0 Å². The molecule has 2 aromatic rings.